The Morgan fingerprint density at radius 2 is 2.27 bits per heavy atom. The van der Waals surface area contributed by atoms with Crippen molar-refractivity contribution in [2.75, 3.05) is 6.61 Å². The van der Waals surface area contributed by atoms with Crippen LogP contribution in [0.2, 0.25) is 0 Å². The molecule has 1 aromatic rings. The lowest BCUT2D eigenvalue weighted by Gasteiger charge is -2.33. The van der Waals surface area contributed by atoms with Crippen LogP contribution in [0.1, 0.15) is 18.8 Å². The number of ether oxygens (including phenoxy) is 3. The van der Waals surface area contributed by atoms with Gasteiger partial charge in [0.2, 0.25) is 6.36 Å². The molecule has 4 nitrogen and oxygen atoms in total. The average molecular weight is 214 g/mol. The summed E-state index contributed by atoms with van der Waals surface area (Å²) < 4.78 is 27.8. The number of benzene rings is 1. The molecule has 2 rings (SSSR count). The Labute approximate surface area is 86.2 Å². The van der Waals surface area contributed by atoms with E-state index >= 15 is 0 Å². The maximum absolute atomic E-state index is 13.5. The molecular formula is C10H11FO4. The summed E-state index contributed by atoms with van der Waals surface area (Å²) in [7, 11) is 0. The number of hydrogen-bond acceptors (Lipinski definition) is 4. The van der Waals surface area contributed by atoms with Gasteiger partial charge in [0, 0.05) is 0 Å². The zero-order chi connectivity index (χ0) is 10.9. The van der Waals surface area contributed by atoms with Crippen molar-refractivity contribution in [2.24, 2.45) is 0 Å². The molecule has 0 radical (unpaired) electrons. The highest BCUT2D eigenvalue weighted by Crippen LogP contribution is 2.38. The third-order valence-corrected chi connectivity index (χ3v) is 1.98. The van der Waals surface area contributed by atoms with Gasteiger partial charge in [-0.25, -0.2) is 4.39 Å². The zero-order valence-corrected chi connectivity index (χ0v) is 8.14. The number of aliphatic hydroxyl groups is 1. The molecule has 0 saturated heterocycles. The summed E-state index contributed by atoms with van der Waals surface area (Å²) in [6, 6.07) is 6.38. The van der Waals surface area contributed by atoms with Crippen LogP contribution in [-0.4, -0.2) is 17.9 Å². The van der Waals surface area contributed by atoms with Crippen molar-refractivity contribution in [3.8, 4) is 5.75 Å². The van der Waals surface area contributed by atoms with Gasteiger partial charge in [-0.15, -0.1) is 0 Å². The first-order valence-electron chi connectivity index (χ1n) is 4.61. The van der Waals surface area contributed by atoms with Gasteiger partial charge in [-0.05, 0) is 19.1 Å². The highest BCUT2D eigenvalue weighted by atomic mass is 19.1. The van der Waals surface area contributed by atoms with Crippen molar-refractivity contribution >= 4 is 0 Å². The summed E-state index contributed by atoms with van der Waals surface area (Å²) in [5.74, 6) is 0.215. The molecular weight excluding hydrogens is 203 g/mol. The van der Waals surface area contributed by atoms with Crippen LogP contribution in [0.15, 0.2) is 24.3 Å². The molecule has 1 heterocycles. The summed E-state index contributed by atoms with van der Waals surface area (Å²) >= 11 is 0. The standard InChI is InChI=1S/C10H11FO4/c1-2-13-10(12)14-8-6-4-3-5-7(8)9(11)15-10/h3-6,9,12H,2H2,1H3. The lowest BCUT2D eigenvalue weighted by Crippen LogP contribution is -2.45. The molecule has 0 saturated carbocycles. The molecule has 5 heteroatoms. The van der Waals surface area contributed by atoms with Gasteiger partial charge in [-0.1, -0.05) is 12.1 Å². The lowest BCUT2D eigenvalue weighted by atomic mass is 10.2. The Morgan fingerprint density at radius 3 is 3.00 bits per heavy atom. The van der Waals surface area contributed by atoms with E-state index in [9.17, 15) is 9.50 Å². The smallest absolute Gasteiger partial charge is 0.416 e. The molecule has 0 aromatic heterocycles. The van der Waals surface area contributed by atoms with E-state index in [0.29, 0.717) is 0 Å². The van der Waals surface area contributed by atoms with Crippen molar-refractivity contribution in [3.05, 3.63) is 29.8 Å². The quantitative estimate of drug-likeness (QED) is 0.761. The van der Waals surface area contributed by atoms with Crippen LogP contribution in [0.25, 0.3) is 0 Å². The average Bonchev–Trinajstić information content (AvgIpc) is 2.17. The first kappa shape index (κ1) is 10.4. The molecule has 1 aliphatic heterocycles. The molecule has 0 aliphatic carbocycles. The van der Waals surface area contributed by atoms with E-state index in [-0.39, 0.29) is 17.9 Å². The third-order valence-electron chi connectivity index (χ3n) is 1.98. The highest BCUT2D eigenvalue weighted by molar-refractivity contribution is 5.35. The lowest BCUT2D eigenvalue weighted by molar-refractivity contribution is -0.485. The van der Waals surface area contributed by atoms with E-state index < -0.39 is 12.5 Å². The van der Waals surface area contributed by atoms with E-state index in [1.165, 1.54) is 12.1 Å². The van der Waals surface area contributed by atoms with Gasteiger partial charge in [0.05, 0.1) is 12.2 Å². The molecule has 1 aromatic carbocycles. The number of alkyl halides is 1. The van der Waals surface area contributed by atoms with E-state index in [4.69, 9.17) is 9.47 Å². The first-order valence-corrected chi connectivity index (χ1v) is 4.61. The molecule has 0 fully saturated rings. The summed E-state index contributed by atoms with van der Waals surface area (Å²) in [5.41, 5.74) is 0.238. The number of halogens is 1. The SMILES string of the molecule is CCOC1(O)Oc2ccccc2C(F)O1. The molecule has 82 valence electrons. The second-order valence-electron chi connectivity index (χ2n) is 3.03. The van der Waals surface area contributed by atoms with Gasteiger partial charge in [-0.3, -0.25) is 9.47 Å². The van der Waals surface area contributed by atoms with Crippen LogP contribution in [-0.2, 0) is 9.47 Å². The second kappa shape index (κ2) is 3.77. The Bertz CT molecular complexity index is 357. The minimum absolute atomic E-state index is 0.144. The fraction of sp³-hybridized carbons (Fsp3) is 0.400. The fourth-order valence-corrected chi connectivity index (χ4v) is 1.36. The van der Waals surface area contributed by atoms with Crippen LogP contribution in [0.3, 0.4) is 0 Å². The summed E-state index contributed by atoms with van der Waals surface area (Å²) in [4.78, 5) is 0. The molecule has 1 aliphatic rings. The van der Waals surface area contributed by atoms with Gasteiger partial charge in [0.25, 0.3) is 0 Å². The second-order valence-corrected chi connectivity index (χ2v) is 3.03. The van der Waals surface area contributed by atoms with Crippen molar-refractivity contribution in [2.45, 2.75) is 19.4 Å². The molecule has 0 spiro atoms. The maximum Gasteiger partial charge on any atom is 0.461 e. The van der Waals surface area contributed by atoms with Crippen molar-refractivity contribution in [1.82, 2.24) is 0 Å². The number of hydrogen-bond donors (Lipinski definition) is 1. The number of fused-ring (bicyclic) bond motifs is 1. The summed E-state index contributed by atoms with van der Waals surface area (Å²) in [5, 5.41) is 9.58. The van der Waals surface area contributed by atoms with Crippen LogP contribution < -0.4 is 4.74 Å². The van der Waals surface area contributed by atoms with Gasteiger partial charge in [0.1, 0.15) is 5.75 Å². The Hall–Kier alpha value is -1.17. The van der Waals surface area contributed by atoms with Gasteiger partial charge in [-0.2, -0.15) is 0 Å². The Kier molecular flexibility index (Phi) is 2.60. The summed E-state index contributed by atoms with van der Waals surface area (Å²) in [6.45, 7) is 1.78. The van der Waals surface area contributed by atoms with E-state index in [0.717, 1.165) is 0 Å². The predicted octanol–water partition coefficient (Wildman–Crippen LogP) is 1.70. The van der Waals surface area contributed by atoms with Crippen LogP contribution in [0.5, 0.6) is 5.75 Å². The largest absolute Gasteiger partial charge is 0.461 e. The minimum atomic E-state index is -2.33. The molecule has 15 heavy (non-hydrogen) atoms. The van der Waals surface area contributed by atoms with Gasteiger partial charge < -0.3 is 9.84 Å². The van der Waals surface area contributed by atoms with Gasteiger partial charge >= 0.3 is 6.16 Å². The van der Waals surface area contributed by atoms with Crippen LogP contribution in [0.4, 0.5) is 4.39 Å². The third kappa shape index (κ3) is 1.94. The highest BCUT2D eigenvalue weighted by Gasteiger charge is 2.42. The monoisotopic (exact) mass is 214 g/mol. The van der Waals surface area contributed by atoms with E-state index in [2.05, 4.69) is 4.74 Å². The Morgan fingerprint density at radius 1 is 1.53 bits per heavy atom. The van der Waals surface area contributed by atoms with Gasteiger partial charge in [0.15, 0.2) is 0 Å². The Balaban J connectivity index is 2.29. The van der Waals surface area contributed by atoms with Crippen molar-refractivity contribution in [3.63, 3.8) is 0 Å². The number of rotatable bonds is 2. The summed E-state index contributed by atoms with van der Waals surface area (Å²) in [6.07, 6.45) is -4.09. The van der Waals surface area contributed by atoms with Crippen LogP contribution >= 0.6 is 0 Å². The molecule has 0 amide bonds. The van der Waals surface area contributed by atoms with E-state index in [1.807, 2.05) is 0 Å². The van der Waals surface area contributed by atoms with Crippen LogP contribution in [0, 0.1) is 0 Å². The van der Waals surface area contributed by atoms with E-state index in [1.54, 1.807) is 19.1 Å². The van der Waals surface area contributed by atoms with Crippen molar-refractivity contribution < 1.29 is 23.7 Å². The normalized spacial score (nSPS) is 29.4. The number of para-hydroxylation sites is 1. The van der Waals surface area contributed by atoms with Crippen molar-refractivity contribution in [1.29, 1.82) is 0 Å². The minimum Gasteiger partial charge on any atom is -0.416 e. The molecule has 0 bridgehead atoms. The first-order chi connectivity index (χ1) is 7.14. The fourth-order valence-electron chi connectivity index (χ4n) is 1.36. The molecule has 2 unspecified atom stereocenters. The predicted molar refractivity (Wildman–Crippen MR) is 48.6 cm³/mol. The topological polar surface area (TPSA) is 47.9 Å². The maximum atomic E-state index is 13.5. The molecule has 2 atom stereocenters. The zero-order valence-electron chi connectivity index (χ0n) is 8.14. The molecule has 1 N–H and O–H groups in total.